The number of carbonyl (C=O) groups is 3. The van der Waals surface area contributed by atoms with Gasteiger partial charge in [-0.1, -0.05) is 20.8 Å². The Kier molecular flexibility index (Phi) is 10.9. The van der Waals surface area contributed by atoms with E-state index in [9.17, 15) is 9.59 Å². The normalized spacial score (nSPS) is 9.71. The van der Waals surface area contributed by atoms with Gasteiger partial charge in [0.15, 0.2) is 0 Å². The number of carboxylic acids is 1. The second kappa shape index (κ2) is 12.1. The van der Waals surface area contributed by atoms with Gasteiger partial charge in [0.1, 0.15) is 0 Å². The molecule has 3 N–H and O–H groups in total. The summed E-state index contributed by atoms with van der Waals surface area (Å²) in [6.45, 7) is 8.40. The summed E-state index contributed by atoms with van der Waals surface area (Å²) in [5.74, 6) is -0.977. The number of rotatable bonds is 7. The lowest BCUT2D eigenvalue weighted by atomic mass is 10.2. The summed E-state index contributed by atoms with van der Waals surface area (Å²) < 4.78 is 5.13. The average Bonchev–Trinajstić information content (AvgIpc) is 2.50. The zero-order chi connectivity index (χ0) is 18.5. The molecular weight excluding hydrogens is 312 g/mol. The monoisotopic (exact) mass is 338 g/mol. The van der Waals surface area contributed by atoms with Crippen LogP contribution < -0.4 is 10.6 Å². The molecule has 0 bridgehead atoms. The van der Waals surface area contributed by atoms with Gasteiger partial charge in [-0.25, -0.2) is 4.79 Å². The van der Waals surface area contributed by atoms with Crippen LogP contribution in [0.3, 0.4) is 0 Å². The van der Waals surface area contributed by atoms with E-state index in [2.05, 4.69) is 10.6 Å². The first-order valence-corrected chi connectivity index (χ1v) is 7.73. The molecule has 0 aliphatic heterocycles. The smallest absolute Gasteiger partial charge is 0.338 e. The van der Waals surface area contributed by atoms with Crippen LogP contribution in [-0.4, -0.2) is 42.6 Å². The maximum atomic E-state index is 11.7. The van der Waals surface area contributed by atoms with Gasteiger partial charge in [0.2, 0.25) is 5.91 Å². The molecule has 1 amide bonds. The fourth-order valence-corrected chi connectivity index (χ4v) is 1.46. The van der Waals surface area contributed by atoms with Crippen molar-refractivity contribution in [3.8, 4) is 0 Å². The number of carbonyl (C=O) groups excluding carboxylic acids is 2. The zero-order valence-electron chi connectivity index (χ0n) is 14.6. The molecule has 0 aliphatic rings. The first kappa shape index (κ1) is 21.6. The summed E-state index contributed by atoms with van der Waals surface area (Å²) in [5.41, 5.74) is 1.14. The third-order valence-electron chi connectivity index (χ3n) is 2.49. The van der Waals surface area contributed by atoms with Crippen LogP contribution in [0.4, 0.5) is 5.69 Å². The van der Waals surface area contributed by atoms with Gasteiger partial charge in [0.05, 0.1) is 18.7 Å². The molecule has 1 aromatic rings. The first-order chi connectivity index (χ1) is 11.3. The lowest BCUT2D eigenvalue weighted by Gasteiger charge is -2.08. The summed E-state index contributed by atoms with van der Waals surface area (Å²) in [4.78, 5) is 32.2. The molecule has 0 fully saturated rings. The van der Waals surface area contributed by atoms with Crippen LogP contribution in [0.15, 0.2) is 24.3 Å². The van der Waals surface area contributed by atoms with Crippen molar-refractivity contribution in [2.45, 2.75) is 27.7 Å². The Hall–Kier alpha value is -2.41. The molecule has 1 aromatic carbocycles. The predicted octanol–water partition coefficient (Wildman–Crippen LogP) is 2.14. The zero-order valence-corrected chi connectivity index (χ0v) is 14.6. The number of likely N-dealkylation sites (N-methyl/N-ethyl adjacent to an activating group) is 1. The molecule has 0 radical (unpaired) electrons. The van der Waals surface area contributed by atoms with Crippen molar-refractivity contribution in [1.82, 2.24) is 5.32 Å². The molecule has 0 spiro atoms. The highest BCUT2D eigenvalue weighted by atomic mass is 16.5. The third kappa shape index (κ3) is 11.2. The van der Waals surface area contributed by atoms with Crippen molar-refractivity contribution in [2.24, 2.45) is 5.92 Å². The number of benzene rings is 1. The lowest BCUT2D eigenvalue weighted by Crippen LogP contribution is -2.27. The van der Waals surface area contributed by atoms with Crippen LogP contribution in [0.5, 0.6) is 0 Å². The summed E-state index contributed by atoms with van der Waals surface area (Å²) in [6, 6.07) is 6.67. The number of ether oxygens (including phenoxy) is 1. The summed E-state index contributed by atoms with van der Waals surface area (Å²) >= 11 is 0. The number of hydrogen-bond acceptors (Lipinski definition) is 5. The molecule has 0 aliphatic carbocycles. The number of amides is 1. The van der Waals surface area contributed by atoms with Crippen molar-refractivity contribution in [2.75, 3.05) is 25.0 Å². The van der Waals surface area contributed by atoms with Crippen LogP contribution in [0.1, 0.15) is 38.1 Å². The fraction of sp³-hybridized carbons (Fsp3) is 0.471. The van der Waals surface area contributed by atoms with Gasteiger partial charge in [-0.2, -0.15) is 0 Å². The largest absolute Gasteiger partial charge is 0.481 e. The Morgan fingerprint density at radius 1 is 1.17 bits per heavy atom. The predicted molar refractivity (Wildman–Crippen MR) is 92.0 cm³/mol. The molecule has 24 heavy (non-hydrogen) atoms. The van der Waals surface area contributed by atoms with E-state index < -0.39 is 5.97 Å². The molecule has 7 heteroatoms. The number of anilines is 1. The van der Waals surface area contributed by atoms with Gasteiger partial charge < -0.3 is 20.5 Å². The Morgan fingerprint density at radius 3 is 2.17 bits per heavy atom. The first-order valence-electron chi connectivity index (χ1n) is 7.73. The van der Waals surface area contributed by atoms with E-state index in [4.69, 9.17) is 14.6 Å². The molecule has 0 aromatic heterocycles. The van der Waals surface area contributed by atoms with Gasteiger partial charge in [-0.15, -0.1) is 0 Å². The van der Waals surface area contributed by atoms with Crippen molar-refractivity contribution in [3.63, 3.8) is 0 Å². The molecule has 0 atom stereocenters. The highest BCUT2D eigenvalue weighted by molar-refractivity contribution is 5.93. The molecule has 1 rings (SSSR count). The Balaban J connectivity index is 0.00000118. The maximum Gasteiger partial charge on any atom is 0.338 e. The average molecular weight is 338 g/mol. The van der Waals surface area contributed by atoms with E-state index in [0.717, 1.165) is 13.5 Å². The number of nitrogens with one attached hydrogen (secondary N) is 2. The minimum absolute atomic E-state index is 0.109. The van der Waals surface area contributed by atoms with Crippen LogP contribution in [0.2, 0.25) is 0 Å². The van der Waals surface area contributed by atoms with Gasteiger partial charge in [-0.05, 0) is 36.7 Å². The fourth-order valence-electron chi connectivity index (χ4n) is 1.46. The summed E-state index contributed by atoms with van der Waals surface area (Å²) in [7, 11) is 0. The number of hydrogen-bond donors (Lipinski definition) is 3. The van der Waals surface area contributed by atoms with E-state index in [-0.39, 0.29) is 18.4 Å². The van der Waals surface area contributed by atoms with Crippen molar-refractivity contribution < 1.29 is 24.2 Å². The lowest BCUT2D eigenvalue weighted by molar-refractivity contribution is -0.134. The van der Waals surface area contributed by atoms with Crippen LogP contribution >= 0.6 is 0 Å². The third-order valence-corrected chi connectivity index (χ3v) is 2.49. The van der Waals surface area contributed by atoms with Crippen molar-refractivity contribution >= 4 is 23.5 Å². The van der Waals surface area contributed by atoms with Crippen LogP contribution in [0, 0.1) is 5.92 Å². The highest BCUT2D eigenvalue weighted by Gasteiger charge is 2.08. The Morgan fingerprint density at radius 2 is 1.71 bits per heavy atom. The van der Waals surface area contributed by atoms with Gasteiger partial charge in [-0.3, -0.25) is 9.59 Å². The molecule has 7 nitrogen and oxygen atoms in total. The Bertz CT molecular complexity index is 522. The standard InChI is InChI=1S/C15H22N2O3.C2H4O2/c1-4-16-9-14(18)17-13-7-5-12(6-8-13)15(19)20-10-11(2)3;1-2(3)4/h5-8,11,16H,4,9-10H2,1-3H3,(H,17,18);1H3,(H,3,4). The number of esters is 1. The number of aliphatic carboxylic acids is 1. The van der Waals surface area contributed by atoms with Crippen LogP contribution in [0.25, 0.3) is 0 Å². The quantitative estimate of drug-likeness (QED) is 0.658. The summed E-state index contributed by atoms with van der Waals surface area (Å²) in [5, 5.41) is 13.1. The molecule has 134 valence electrons. The van der Waals surface area contributed by atoms with E-state index in [1.807, 2.05) is 20.8 Å². The second-order valence-electron chi connectivity index (χ2n) is 5.42. The molecule has 0 saturated carbocycles. The highest BCUT2D eigenvalue weighted by Crippen LogP contribution is 2.11. The minimum atomic E-state index is -0.833. The number of carboxylic acid groups (broad SMARTS) is 1. The topological polar surface area (TPSA) is 105 Å². The van der Waals surface area contributed by atoms with E-state index >= 15 is 0 Å². The van der Waals surface area contributed by atoms with E-state index in [1.165, 1.54) is 0 Å². The SMILES string of the molecule is CC(=O)O.CCNCC(=O)Nc1ccc(C(=O)OCC(C)C)cc1. The van der Waals surface area contributed by atoms with Crippen LogP contribution in [-0.2, 0) is 14.3 Å². The molecule has 0 unspecified atom stereocenters. The van der Waals surface area contributed by atoms with Crippen molar-refractivity contribution in [1.29, 1.82) is 0 Å². The van der Waals surface area contributed by atoms with E-state index in [1.54, 1.807) is 24.3 Å². The van der Waals surface area contributed by atoms with Crippen molar-refractivity contribution in [3.05, 3.63) is 29.8 Å². The van der Waals surface area contributed by atoms with Gasteiger partial charge in [0, 0.05) is 12.6 Å². The Labute approximate surface area is 142 Å². The summed E-state index contributed by atoms with van der Waals surface area (Å²) in [6.07, 6.45) is 0. The molecular formula is C17H26N2O5. The van der Waals surface area contributed by atoms with Gasteiger partial charge in [0.25, 0.3) is 5.97 Å². The van der Waals surface area contributed by atoms with E-state index in [0.29, 0.717) is 23.8 Å². The van der Waals surface area contributed by atoms with Gasteiger partial charge >= 0.3 is 5.97 Å². The second-order valence-corrected chi connectivity index (χ2v) is 5.42. The molecule has 0 saturated heterocycles. The maximum absolute atomic E-state index is 11.7. The molecule has 0 heterocycles. The minimum Gasteiger partial charge on any atom is -0.481 e.